The average molecular weight is 442 g/mol. The molecular weight excluding hydrogens is 417 g/mol. The van der Waals surface area contributed by atoms with Crippen molar-refractivity contribution in [3.05, 3.63) is 84.1 Å². The van der Waals surface area contributed by atoms with Crippen molar-refractivity contribution >= 4 is 22.6 Å². The molecule has 166 valence electrons. The Hall–Kier alpha value is -3.87. The van der Waals surface area contributed by atoms with Gasteiger partial charge in [0.15, 0.2) is 0 Å². The predicted octanol–water partition coefficient (Wildman–Crippen LogP) is 4.57. The molecule has 1 saturated heterocycles. The molecule has 0 aliphatic carbocycles. The van der Waals surface area contributed by atoms with Gasteiger partial charge in [-0.05, 0) is 43.2 Å². The number of hydrogen-bond acceptors (Lipinski definition) is 5. The quantitative estimate of drug-likeness (QED) is 0.502. The third kappa shape index (κ3) is 4.14. The number of halogens is 1. The standard InChI is InChI=1S/C26H24FN5O/c1-28-26(33)20-8-6-19(16-21(20)27)25-24(29-12-13-30-25)18-10-14-32(15-11-18)23-9-7-17-4-2-3-5-22(17)31-23/h2-9,12-13,16,18H,10-11,14-15H2,1H3,(H,28,33). The first kappa shape index (κ1) is 21.0. The molecule has 2 aromatic carbocycles. The van der Waals surface area contributed by atoms with Gasteiger partial charge in [-0.3, -0.25) is 14.8 Å². The molecular formula is C26H24FN5O. The van der Waals surface area contributed by atoms with Crippen LogP contribution in [0.2, 0.25) is 0 Å². The number of carbonyl (C=O) groups is 1. The highest BCUT2D eigenvalue weighted by Gasteiger charge is 2.26. The number of anilines is 1. The Kier molecular flexibility index (Phi) is 5.69. The van der Waals surface area contributed by atoms with E-state index in [0.29, 0.717) is 11.3 Å². The van der Waals surface area contributed by atoms with Crippen LogP contribution < -0.4 is 10.2 Å². The number of amides is 1. The van der Waals surface area contributed by atoms with Gasteiger partial charge in [0.05, 0.1) is 22.5 Å². The van der Waals surface area contributed by atoms with Gasteiger partial charge in [-0.2, -0.15) is 0 Å². The molecule has 1 amide bonds. The van der Waals surface area contributed by atoms with Crippen molar-refractivity contribution < 1.29 is 9.18 Å². The number of pyridine rings is 1. The van der Waals surface area contributed by atoms with E-state index in [0.717, 1.165) is 48.3 Å². The van der Waals surface area contributed by atoms with Gasteiger partial charge < -0.3 is 10.2 Å². The second-order valence-corrected chi connectivity index (χ2v) is 8.19. The lowest BCUT2D eigenvalue weighted by Gasteiger charge is -2.33. The fourth-order valence-electron chi connectivity index (χ4n) is 4.46. The molecule has 1 fully saturated rings. The van der Waals surface area contributed by atoms with Crippen molar-refractivity contribution in [3.63, 3.8) is 0 Å². The molecule has 0 spiro atoms. The molecule has 4 aromatic rings. The molecule has 1 N–H and O–H groups in total. The molecule has 5 rings (SSSR count). The van der Waals surface area contributed by atoms with Crippen molar-refractivity contribution in [2.75, 3.05) is 25.0 Å². The minimum atomic E-state index is -0.569. The number of nitrogens with one attached hydrogen (secondary N) is 1. The molecule has 1 aliphatic rings. The van der Waals surface area contributed by atoms with Crippen molar-refractivity contribution in [1.29, 1.82) is 0 Å². The Labute approximate surface area is 191 Å². The summed E-state index contributed by atoms with van der Waals surface area (Å²) < 4.78 is 14.6. The van der Waals surface area contributed by atoms with Crippen LogP contribution in [0.25, 0.3) is 22.2 Å². The molecule has 1 aliphatic heterocycles. The minimum absolute atomic E-state index is 0.0166. The highest BCUT2D eigenvalue weighted by atomic mass is 19.1. The Morgan fingerprint density at radius 1 is 1.03 bits per heavy atom. The molecule has 3 heterocycles. The molecule has 0 bridgehead atoms. The van der Waals surface area contributed by atoms with Gasteiger partial charge in [-0.25, -0.2) is 9.37 Å². The fourth-order valence-corrected chi connectivity index (χ4v) is 4.46. The van der Waals surface area contributed by atoms with Crippen LogP contribution in [0.15, 0.2) is 67.0 Å². The maximum atomic E-state index is 14.6. The van der Waals surface area contributed by atoms with E-state index < -0.39 is 11.7 Å². The number of fused-ring (bicyclic) bond motifs is 1. The lowest BCUT2D eigenvalue weighted by atomic mass is 9.90. The van der Waals surface area contributed by atoms with E-state index in [1.807, 2.05) is 18.2 Å². The van der Waals surface area contributed by atoms with Gasteiger partial charge in [-0.15, -0.1) is 0 Å². The molecule has 0 radical (unpaired) electrons. The van der Waals surface area contributed by atoms with Crippen LogP contribution in [-0.4, -0.2) is 41.0 Å². The summed E-state index contributed by atoms with van der Waals surface area (Å²) in [6.07, 6.45) is 5.11. The van der Waals surface area contributed by atoms with Crippen LogP contribution in [0.1, 0.15) is 34.8 Å². The van der Waals surface area contributed by atoms with Crippen LogP contribution in [0, 0.1) is 5.82 Å². The van der Waals surface area contributed by atoms with E-state index in [-0.39, 0.29) is 11.5 Å². The number of carbonyl (C=O) groups excluding carboxylic acids is 1. The second kappa shape index (κ2) is 8.94. The summed E-state index contributed by atoms with van der Waals surface area (Å²) in [6.45, 7) is 1.71. The van der Waals surface area contributed by atoms with E-state index in [1.165, 1.54) is 19.2 Å². The van der Waals surface area contributed by atoms with Gasteiger partial charge in [-0.1, -0.05) is 24.3 Å². The molecule has 0 saturated carbocycles. The number of para-hydroxylation sites is 1. The zero-order valence-corrected chi connectivity index (χ0v) is 18.3. The molecule has 0 unspecified atom stereocenters. The first-order valence-electron chi connectivity index (χ1n) is 11.1. The number of nitrogens with zero attached hydrogens (tertiary/aromatic N) is 4. The molecule has 7 heteroatoms. The Balaban J connectivity index is 1.36. The lowest BCUT2D eigenvalue weighted by Crippen LogP contribution is -2.33. The van der Waals surface area contributed by atoms with Gasteiger partial charge in [0, 0.05) is 49.4 Å². The van der Waals surface area contributed by atoms with E-state index in [1.54, 1.807) is 18.5 Å². The fraction of sp³-hybridized carbons (Fsp3) is 0.231. The monoisotopic (exact) mass is 441 g/mol. The van der Waals surface area contributed by atoms with Gasteiger partial charge in [0.25, 0.3) is 5.91 Å². The molecule has 0 atom stereocenters. The topological polar surface area (TPSA) is 71.0 Å². The van der Waals surface area contributed by atoms with Crippen LogP contribution in [0.3, 0.4) is 0 Å². The number of piperidine rings is 1. The molecule has 33 heavy (non-hydrogen) atoms. The van der Waals surface area contributed by atoms with Crippen molar-refractivity contribution in [2.24, 2.45) is 0 Å². The normalized spacial score (nSPS) is 14.4. The predicted molar refractivity (Wildman–Crippen MR) is 127 cm³/mol. The Morgan fingerprint density at radius 2 is 1.82 bits per heavy atom. The van der Waals surface area contributed by atoms with E-state index >= 15 is 0 Å². The summed E-state index contributed by atoms with van der Waals surface area (Å²) in [6, 6.07) is 16.9. The highest BCUT2D eigenvalue weighted by Crippen LogP contribution is 2.34. The zero-order chi connectivity index (χ0) is 22.8. The summed E-state index contributed by atoms with van der Waals surface area (Å²) in [5.41, 5.74) is 3.18. The van der Waals surface area contributed by atoms with E-state index in [9.17, 15) is 9.18 Å². The van der Waals surface area contributed by atoms with Crippen molar-refractivity contribution in [3.8, 4) is 11.3 Å². The highest BCUT2D eigenvalue weighted by molar-refractivity contribution is 5.94. The van der Waals surface area contributed by atoms with Crippen molar-refractivity contribution in [2.45, 2.75) is 18.8 Å². The lowest BCUT2D eigenvalue weighted by molar-refractivity contribution is 0.0959. The number of rotatable bonds is 4. The van der Waals surface area contributed by atoms with Crippen LogP contribution in [0.5, 0.6) is 0 Å². The largest absolute Gasteiger partial charge is 0.357 e. The third-order valence-corrected chi connectivity index (χ3v) is 6.23. The van der Waals surface area contributed by atoms with Gasteiger partial charge in [0.2, 0.25) is 0 Å². The summed E-state index contributed by atoms with van der Waals surface area (Å²) in [5.74, 6) is 0.180. The van der Waals surface area contributed by atoms with E-state index in [4.69, 9.17) is 4.98 Å². The molecule has 6 nitrogen and oxygen atoms in total. The Morgan fingerprint density at radius 3 is 2.61 bits per heavy atom. The second-order valence-electron chi connectivity index (χ2n) is 8.19. The summed E-state index contributed by atoms with van der Waals surface area (Å²) in [7, 11) is 1.48. The van der Waals surface area contributed by atoms with Crippen LogP contribution in [-0.2, 0) is 0 Å². The van der Waals surface area contributed by atoms with Gasteiger partial charge >= 0.3 is 0 Å². The number of benzene rings is 2. The SMILES string of the molecule is CNC(=O)c1ccc(-c2nccnc2C2CCN(c3ccc4ccccc4n3)CC2)cc1F. The number of aromatic nitrogens is 3. The first-order valence-corrected chi connectivity index (χ1v) is 11.1. The maximum Gasteiger partial charge on any atom is 0.253 e. The summed E-state index contributed by atoms with van der Waals surface area (Å²) in [5, 5.41) is 3.59. The maximum absolute atomic E-state index is 14.6. The Bertz CT molecular complexity index is 1320. The zero-order valence-electron chi connectivity index (χ0n) is 18.3. The van der Waals surface area contributed by atoms with Crippen LogP contribution in [0.4, 0.5) is 10.2 Å². The van der Waals surface area contributed by atoms with Gasteiger partial charge in [0.1, 0.15) is 11.6 Å². The minimum Gasteiger partial charge on any atom is -0.357 e. The summed E-state index contributed by atoms with van der Waals surface area (Å²) >= 11 is 0. The van der Waals surface area contributed by atoms with Crippen molar-refractivity contribution in [1.82, 2.24) is 20.3 Å². The number of hydrogen-bond donors (Lipinski definition) is 1. The third-order valence-electron chi connectivity index (χ3n) is 6.23. The summed E-state index contributed by atoms with van der Waals surface area (Å²) in [4.78, 5) is 28.1. The van der Waals surface area contributed by atoms with Crippen LogP contribution >= 0.6 is 0 Å². The first-order chi connectivity index (χ1) is 16.1. The van der Waals surface area contributed by atoms with E-state index in [2.05, 4.69) is 38.4 Å². The average Bonchev–Trinajstić information content (AvgIpc) is 2.88. The smallest absolute Gasteiger partial charge is 0.253 e. The molecule has 2 aromatic heterocycles.